The molecule has 0 atom stereocenters. The van der Waals surface area contributed by atoms with E-state index >= 15 is 0 Å². The summed E-state index contributed by atoms with van der Waals surface area (Å²) in [6, 6.07) is 11.7. The molecule has 0 N–H and O–H groups in total. The molecule has 0 fully saturated rings. The maximum absolute atomic E-state index is 5.59. The van der Waals surface area contributed by atoms with Gasteiger partial charge in [0.15, 0.2) is 5.58 Å². The van der Waals surface area contributed by atoms with E-state index in [1.54, 1.807) is 6.20 Å². The second kappa shape index (κ2) is 4.13. The van der Waals surface area contributed by atoms with Gasteiger partial charge in [0.25, 0.3) is 0 Å². The fraction of sp³-hybridized carbons (Fsp3) is 0.154. The molecule has 0 aliphatic carbocycles. The average Bonchev–Trinajstić information content (AvgIpc) is 2.70. The van der Waals surface area contributed by atoms with Crippen molar-refractivity contribution < 1.29 is 4.42 Å². The molecule has 3 aromatic rings. The molecule has 0 spiro atoms. The summed E-state index contributed by atoms with van der Waals surface area (Å²) in [6.45, 7) is 4.00. The van der Waals surface area contributed by atoms with Crippen LogP contribution in [0.3, 0.4) is 0 Å². The maximum Gasteiger partial charge on any atom is 0.153 e. The Morgan fingerprint density at radius 2 is 1.67 bits per heavy atom. The SMILES string of the molecule is CC.c1ccc2c(c1)oc1cccnc12. The van der Waals surface area contributed by atoms with Gasteiger partial charge in [-0.1, -0.05) is 26.0 Å². The first kappa shape index (κ1) is 9.71. The highest BCUT2D eigenvalue weighted by molar-refractivity contribution is 6.01. The van der Waals surface area contributed by atoms with Gasteiger partial charge in [0.05, 0.1) is 0 Å². The third kappa shape index (κ3) is 1.59. The Morgan fingerprint density at radius 3 is 2.53 bits per heavy atom. The lowest BCUT2D eigenvalue weighted by atomic mass is 10.2. The summed E-state index contributed by atoms with van der Waals surface area (Å²) >= 11 is 0. The predicted octanol–water partition coefficient (Wildman–Crippen LogP) is 4.01. The molecule has 0 aliphatic heterocycles. The first-order chi connectivity index (χ1) is 7.45. The number of nitrogens with zero attached hydrogens (tertiary/aromatic N) is 1. The molecule has 0 saturated carbocycles. The molecule has 0 radical (unpaired) electrons. The minimum absolute atomic E-state index is 0.851. The summed E-state index contributed by atoms with van der Waals surface area (Å²) in [5.41, 5.74) is 2.69. The van der Waals surface area contributed by atoms with Crippen LogP contribution in [0.5, 0.6) is 0 Å². The van der Waals surface area contributed by atoms with Crippen LogP contribution in [0.25, 0.3) is 22.1 Å². The smallest absolute Gasteiger partial charge is 0.153 e. The van der Waals surface area contributed by atoms with E-state index < -0.39 is 0 Å². The molecule has 0 amide bonds. The Balaban J connectivity index is 0.000000404. The molecule has 2 aromatic heterocycles. The van der Waals surface area contributed by atoms with E-state index in [4.69, 9.17) is 4.42 Å². The van der Waals surface area contributed by atoms with Crippen LogP contribution in [0.4, 0.5) is 0 Å². The highest BCUT2D eigenvalue weighted by Crippen LogP contribution is 2.25. The third-order valence-corrected chi connectivity index (χ3v) is 2.13. The molecule has 2 heteroatoms. The van der Waals surface area contributed by atoms with Crippen molar-refractivity contribution in [2.75, 3.05) is 0 Å². The number of rotatable bonds is 0. The van der Waals surface area contributed by atoms with Crippen molar-refractivity contribution in [2.24, 2.45) is 0 Å². The van der Waals surface area contributed by atoms with E-state index in [0.29, 0.717) is 0 Å². The summed E-state index contributed by atoms with van der Waals surface area (Å²) in [5, 5.41) is 1.08. The van der Waals surface area contributed by atoms with Gasteiger partial charge in [-0.15, -0.1) is 0 Å². The monoisotopic (exact) mass is 199 g/mol. The van der Waals surface area contributed by atoms with Gasteiger partial charge in [0.2, 0.25) is 0 Å². The molecule has 2 nitrogen and oxygen atoms in total. The lowest BCUT2D eigenvalue weighted by Gasteiger charge is -1.84. The van der Waals surface area contributed by atoms with Gasteiger partial charge in [0, 0.05) is 11.6 Å². The van der Waals surface area contributed by atoms with Crippen molar-refractivity contribution in [3.8, 4) is 0 Å². The van der Waals surface area contributed by atoms with Crippen LogP contribution in [0.15, 0.2) is 47.0 Å². The lowest BCUT2D eigenvalue weighted by molar-refractivity contribution is 0.668. The van der Waals surface area contributed by atoms with Gasteiger partial charge in [0.1, 0.15) is 11.1 Å². The first-order valence-electron chi connectivity index (χ1n) is 5.17. The minimum atomic E-state index is 0.851. The molecule has 0 unspecified atom stereocenters. The van der Waals surface area contributed by atoms with Crippen LogP contribution in [0, 0.1) is 0 Å². The van der Waals surface area contributed by atoms with Gasteiger partial charge < -0.3 is 4.42 Å². The average molecular weight is 199 g/mol. The third-order valence-electron chi connectivity index (χ3n) is 2.13. The van der Waals surface area contributed by atoms with Gasteiger partial charge >= 0.3 is 0 Å². The summed E-state index contributed by atoms with van der Waals surface area (Å²) in [4.78, 5) is 4.28. The number of hydrogen-bond acceptors (Lipinski definition) is 2. The van der Waals surface area contributed by atoms with Crippen LogP contribution < -0.4 is 0 Å². The minimum Gasteiger partial charge on any atom is -0.454 e. The number of aromatic nitrogens is 1. The number of furan rings is 1. The molecule has 3 rings (SSSR count). The Labute approximate surface area is 88.5 Å². The fourth-order valence-corrected chi connectivity index (χ4v) is 1.54. The van der Waals surface area contributed by atoms with E-state index in [-0.39, 0.29) is 0 Å². The van der Waals surface area contributed by atoms with Crippen molar-refractivity contribution in [1.82, 2.24) is 4.98 Å². The molecule has 0 bridgehead atoms. The van der Waals surface area contributed by atoms with Gasteiger partial charge in [-0.25, -0.2) is 0 Å². The molecule has 0 saturated heterocycles. The predicted molar refractivity (Wildman–Crippen MR) is 62.9 cm³/mol. The van der Waals surface area contributed by atoms with Gasteiger partial charge in [-0.2, -0.15) is 0 Å². The Hall–Kier alpha value is -1.83. The maximum atomic E-state index is 5.59. The van der Waals surface area contributed by atoms with Crippen LogP contribution in [0.2, 0.25) is 0 Å². The molecule has 0 aliphatic rings. The van der Waals surface area contributed by atoms with E-state index in [9.17, 15) is 0 Å². The Kier molecular flexibility index (Phi) is 2.68. The highest BCUT2D eigenvalue weighted by atomic mass is 16.3. The van der Waals surface area contributed by atoms with E-state index in [1.807, 2.05) is 50.2 Å². The molecular weight excluding hydrogens is 186 g/mol. The van der Waals surface area contributed by atoms with Crippen molar-refractivity contribution in [3.63, 3.8) is 0 Å². The van der Waals surface area contributed by atoms with Gasteiger partial charge in [-0.3, -0.25) is 4.98 Å². The number of benzene rings is 1. The summed E-state index contributed by atoms with van der Waals surface area (Å²) < 4.78 is 5.59. The van der Waals surface area contributed by atoms with Crippen LogP contribution in [0.1, 0.15) is 13.8 Å². The van der Waals surface area contributed by atoms with Crippen LogP contribution in [-0.2, 0) is 0 Å². The molecule has 1 aromatic carbocycles. The number of hydrogen-bond donors (Lipinski definition) is 0. The molecular formula is C13H13NO. The standard InChI is InChI=1S/C11H7NO.C2H6/c1-2-5-9-8(4-1)11-10(13-9)6-3-7-12-11;1-2/h1-7H;1-2H3. The van der Waals surface area contributed by atoms with Crippen molar-refractivity contribution in [1.29, 1.82) is 0 Å². The van der Waals surface area contributed by atoms with Crippen LogP contribution in [-0.4, -0.2) is 4.98 Å². The number of para-hydroxylation sites is 1. The summed E-state index contributed by atoms with van der Waals surface area (Å²) in [5.74, 6) is 0. The van der Waals surface area contributed by atoms with Crippen molar-refractivity contribution in [2.45, 2.75) is 13.8 Å². The van der Waals surface area contributed by atoms with Crippen molar-refractivity contribution in [3.05, 3.63) is 42.6 Å². The largest absolute Gasteiger partial charge is 0.454 e. The Morgan fingerprint density at radius 1 is 0.933 bits per heavy atom. The van der Waals surface area contributed by atoms with Crippen molar-refractivity contribution >= 4 is 22.1 Å². The second-order valence-corrected chi connectivity index (χ2v) is 2.95. The highest BCUT2D eigenvalue weighted by Gasteiger charge is 2.04. The topological polar surface area (TPSA) is 26.0 Å². The molecule has 2 heterocycles. The number of pyridine rings is 1. The Bertz CT molecular complexity index is 518. The zero-order valence-corrected chi connectivity index (χ0v) is 8.90. The summed E-state index contributed by atoms with van der Waals surface area (Å²) in [7, 11) is 0. The second-order valence-electron chi connectivity index (χ2n) is 2.95. The number of fused-ring (bicyclic) bond motifs is 3. The quantitative estimate of drug-likeness (QED) is 0.546. The lowest BCUT2D eigenvalue weighted by Crippen LogP contribution is -1.70. The van der Waals surface area contributed by atoms with E-state index in [1.165, 1.54) is 0 Å². The zero-order valence-electron chi connectivity index (χ0n) is 8.90. The summed E-state index contributed by atoms with van der Waals surface area (Å²) in [6.07, 6.45) is 1.78. The van der Waals surface area contributed by atoms with E-state index in [0.717, 1.165) is 22.1 Å². The molecule has 76 valence electrons. The first-order valence-corrected chi connectivity index (χ1v) is 5.17. The van der Waals surface area contributed by atoms with E-state index in [2.05, 4.69) is 4.98 Å². The zero-order chi connectivity index (χ0) is 10.7. The molecule has 15 heavy (non-hydrogen) atoms. The fourth-order valence-electron chi connectivity index (χ4n) is 1.54. The van der Waals surface area contributed by atoms with Crippen LogP contribution >= 0.6 is 0 Å². The normalized spacial score (nSPS) is 10.0. The van der Waals surface area contributed by atoms with Gasteiger partial charge in [-0.05, 0) is 24.3 Å².